The Morgan fingerprint density at radius 3 is 2.73 bits per heavy atom. The molecule has 1 aliphatic carbocycles. The van der Waals surface area contributed by atoms with Crippen LogP contribution in [0.15, 0.2) is 35.3 Å². The maximum atomic E-state index is 9.56. The lowest BCUT2D eigenvalue weighted by molar-refractivity contribution is 0.309. The summed E-state index contributed by atoms with van der Waals surface area (Å²) in [5.41, 5.74) is 8.82. The Balaban J connectivity index is 1.34. The Labute approximate surface area is 178 Å². The van der Waals surface area contributed by atoms with Crippen LogP contribution >= 0.6 is 0 Å². The smallest absolute Gasteiger partial charge is 0.193 e. The molecule has 7 heteroatoms. The molecule has 1 saturated carbocycles. The summed E-state index contributed by atoms with van der Waals surface area (Å²) < 4.78 is 1.66. The van der Waals surface area contributed by atoms with Gasteiger partial charge >= 0.3 is 0 Å². The summed E-state index contributed by atoms with van der Waals surface area (Å²) in [6.07, 6.45) is 8.32. The average molecular weight is 406 g/mol. The third kappa shape index (κ3) is 4.00. The van der Waals surface area contributed by atoms with Crippen molar-refractivity contribution in [2.45, 2.75) is 44.9 Å². The van der Waals surface area contributed by atoms with Crippen LogP contribution < -0.4 is 11.1 Å². The summed E-state index contributed by atoms with van der Waals surface area (Å²) in [6, 6.07) is 11.9. The lowest BCUT2D eigenvalue weighted by Crippen LogP contribution is -2.41. The first-order chi connectivity index (χ1) is 14.7. The maximum absolute atomic E-state index is 9.56. The minimum absolute atomic E-state index is 0.404. The van der Waals surface area contributed by atoms with Crippen LogP contribution in [0.3, 0.4) is 0 Å². The Morgan fingerprint density at radius 1 is 1.27 bits per heavy atom. The van der Waals surface area contributed by atoms with Gasteiger partial charge < -0.3 is 16.0 Å². The van der Waals surface area contributed by atoms with E-state index in [1.54, 1.807) is 4.68 Å². The quantitative estimate of drug-likeness (QED) is 0.453. The molecule has 30 heavy (non-hydrogen) atoms. The van der Waals surface area contributed by atoms with E-state index in [0.717, 1.165) is 43.4 Å². The molecule has 1 aromatic heterocycles. The third-order valence-corrected chi connectivity index (χ3v) is 6.59. The molecule has 0 unspecified atom stereocenters. The number of nitrogens with zero attached hydrogens (tertiary/aromatic N) is 5. The minimum Gasteiger partial charge on any atom is -0.382 e. The highest BCUT2D eigenvalue weighted by molar-refractivity contribution is 5.80. The summed E-state index contributed by atoms with van der Waals surface area (Å²) in [7, 11) is 1.86. The summed E-state index contributed by atoms with van der Waals surface area (Å²) in [5.74, 6) is 1.40. The lowest BCUT2D eigenvalue weighted by Gasteiger charge is -2.25. The number of hydrogen-bond acceptors (Lipinski definition) is 4. The van der Waals surface area contributed by atoms with Crippen LogP contribution in [0.2, 0.25) is 0 Å². The number of nitriles is 1. The van der Waals surface area contributed by atoms with Crippen LogP contribution in [0.4, 0.5) is 5.82 Å². The largest absolute Gasteiger partial charge is 0.382 e. The molecule has 2 aromatic rings. The molecule has 0 radical (unpaired) electrons. The van der Waals surface area contributed by atoms with Crippen molar-refractivity contribution < 1.29 is 0 Å². The van der Waals surface area contributed by atoms with Gasteiger partial charge in [-0.15, -0.1) is 0 Å². The van der Waals surface area contributed by atoms with Crippen molar-refractivity contribution in [1.82, 2.24) is 20.0 Å². The van der Waals surface area contributed by atoms with Crippen LogP contribution in [0.5, 0.6) is 0 Å². The van der Waals surface area contributed by atoms with Gasteiger partial charge in [-0.3, -0.25) is 4.99 Å². The predicted molar refractivity (Wildman–Crippen MR) is 119 cm³/mol. The van der Waals surface area contributed by atoms with Gasteiger partial charge in [0.05, 0.1) is 11.4 Å². The summed E-state index contributed by atoms with van der Waals surface area (Å²) in [4.78, 5) is 6.91. The molecule has 1 spiro atoms. The zero-order chi connectivity index (χ0) is 21.0. The number of aryl methyl sites for hydroxylation is 1. The molecule has 2 heterocycles. The molecule has 0 amide bonds. The van der Waals surface area contributed by atoms with E-state index in [1.165, 1.54) is 32.1 Å². The number of hydrogen-bond donors (Lipinski definition) is 2. The third-order valence-electron chi connectivity index (χ3n) is 6.59. The van der Waals surface area contributed by atoms with Crippen molar-refractivity contribution in [3.63, 3.8) is 0 Å². The van der Waals surface area contributed by atoms with E-state index in [1.807, 2.05) is 37.4 Å². The molecule has 1 aromatic carbocycles. The first-order valence-corrected chi connectivity index (χ1v) is 10.9. The van der Waals surface area contributed by atoms with Crippen molar-refractivity contribution >= 4 is 11.8 Å². The van der Waals surface area contributed by atoms with Gasteiger partial charge in [0.1, 0.15) is 17.5 Å². The predicted octanol–water partition coefficient (Wildman–Crippen LogP) is 3.10. The highest BCUT2D eigenvalue weighted by Gasteiger charge is 2.41. The lowest BCUT2D eigenvalue weighted by atomic mass is 9.86. The number of anilines is 1. The highest BCUT2D eigenvalue weighted by Crippen LogP contribution is 2.45. The Hall–Kier alpha value is -3.01. The molecular weight excluding hydrogens is 374 g/mol. The molecule has 4 rings (SSSR count). The highest BCUT2D eigenvalue weighted by atomic mass is 15.3. The molecule has 2 aliphatic rings. The van der Waals surface area contributed by atoms with E-state index in [0.29, 0.717) is 23.2 Å². The van der Waals surface area contributed by atoms with Gasteiger partial charge in [0.25, 0.3) is 0 Å². The number of benzene rings is 1. The van der Waals surface area contributed by atoms with Gasteiger partial charge in [-0.05, 0) is 49.7 Å². The number of rotatable bonds is 5. The van der Waals surface area contributed by atoms with Crippen LogP contribution in [0.25, 0.3) is 5.69 Å². The van der Waals surface area contributed by atoms with Gasteiger partial charge in [0, 0.05) is 26.7 Å². The molecule has 3 N–H and O–H groups in total. The molecular formula is C23H31N7. The van der Waals surface area contributed by atoms with Crippen molar-refractivity contribution in [3.8, 4) is 11.8 Å². The number of likely N-dealkylation sites (tertiary alicyclic amines) is 1. The van der Waals surface area contributed by atoms with Crippen molar-refractivity contribution in [2.75, 3.05) is 32.4 Å². The number of nitrogen functional groups attached to an aromatic ring is 1. The molecule has 158 valence electrons. The average Bonchev–Trinajstić information content (AvgIpc) is 3.49. The first kappa shape index (κ1) is 20.3. The Kier molecular flexibility index (Phi) is 5.93. The number of nitrogens with two attached hydrogens (primary N) is 1. The molecule has 0 atom stereocenters. The first-order valence-electron chi connectivity index (χ1n) is 10.9. The number of guanidine groups is 1. The molecule has 7 nitrogen and oxygen atoms in total. The zero-order valence-electron chi connectivity index (χ0n) is 17.8. The van der Waals surface area contributed by atoms with Crippen LogP contribution in [-0.2, 0) is 6.42 Å². The van der Waals surface area contributed by atoms with Crippen molar-refractivity contribution in [2.24, 2.45) is 10.4 Å². The SMILES string of the molecule is CN=C(NCCCc1nn(-c2ccccc2)c(N)c1C#N)N1CCC2(CCCC2)C1. The summed E-state index contributed by atoms with van der Waals surface area (Å²) >= 11 is 0. The van der Waals surface area contributed by atoms with E-state index < -0.39 is 0 Å². The van der Waals surface area contributed by atoms with E-state index in [-0.39, 0.29) is 0 Å². The van der Waals surface area contributed by atoms with E-state index in [2.05, 4.69) is 26.4 Å². The fourth-order valence-corrected chi connectivity index (χ4v) is 4.98. The van der Waals surface area contributed by atoms with E-state index in [4.69, 9.17) is 5.73 Å². The molecule has 2 fully saturated rings. The van der Waals surface area contributed by atoms with Gasteiger partial charge in [0.2, 0.25) is 0 Å². The van der Waals surface area contributed by atoms with Gasteiger partial charge in [-0.25, -0.2) is 4.68 Å². The van der Waals surface area contributed by atoms with Crippen LogP contribution in [0, 0.1) is 16.7 Å². The van der Waals surface area contributed by atoms with Crippen LogP contribution in [-0.4, -0.2) is 47.3 Å². The molecule has 0 bridgehead atoms. The molecule has 1 aliphatic heterocycles. The minimum atomic E-state index is 0.404. The topological polar surface area (TPSA) is 95.3 Å². The monoisotopic (exact) mass is 405 g/mol. The standard InChI is InChI=1S/C23H31N7/c1-26-22(29-15-13-23(17-29)11-5-6-12-23)27-14-7-10-20-19(16-24)21(25)30(28-20)18-8-3-2-4-9-18/h2-4,8-9H,5-7,10-15,17,25H2,1H3,(H,26,27). The van der Waals surface area contributed by atoms with Crippen molar-refractivity contribution in [3.05, 3.63) is 41.6 Å². The fraction of sp³-hybridized carbons (Fsp3) is 0.522. The van der Waals surface area contributed by atoms with E-state index in [9.17, 15) is 5.26 Å². The Morgan fingerprint density at radius 2 is 2.03 bits per heavy atom. The van der Waals surface area contributed by atoms with E-state index >= 15 is 0 Å². The van der Waals surface area contributed by atoms with Gasteiger partial charge in [-0.2, -0.15) is 10.4 Å². The molecule has 1 saturated heterocycles. The Bertz CT molecular complexity index is 932. The van der Waals surface area contributed by atoms with Crippen LogP contribution in [0.1, 0.15) is 49.8 Å². The maximum Gasteiger partial charge on any atom is 0.193 e. The number of nitrogens with one attached hydrogen (secondary N) is 1. The number of para-hydroxylation sites is 1. The normalized spacial score (nSPS) is 18.1. The second-order valence-corrected chi connectivity index (χ2v) is 8.52. The second kappa shape index (κ2) is 8.78. The fourth-order valence-electron chi connectivity index (χ4n) is 4.98. The zero-order valence-corrected chi connectivity index (χ0v) is 17.8. The number of aliphatic imine (C=N–C) groups is 1. The summed E-state index contributed by atoms with van der Waals surface area (Å²) in [6.45, 7) is 3.01. The van der Waals surface area contributed by atoms with Gasteiger partial charge in [0.15, 0.2) is 5.96 Å². The van der Waals surface area contributed by atoms with Gasteiger partial charge in [-0.1, -0.05) is 31.0 Å². The van der Waals surface area contributed by atoms with Crippen molar-refractivity contribution in [1.29, 1.82) is 5.26 Å². The number of aromatic nitrogens is 2. The summed E-state index contributed by atoms with van der Waals surface area (Å²) in [5, 5.41) is 17.7. The second-order valence-electron chi connectivity index (χ2n) is 8.52.